The quantitative estimate of drug-likeness (QED) is 0.416. The Balaban J connectivity index is 3.06. The Morgan fingerprint density at radius 2 is 2.09 bits per heavy atom. The summed E-state index contributed by atoms with van der Waals surface area (Å²) in [5.74, 6) is 0.201. The van der Waals surface area contributed by atoms with Crippen LogP contribution in [0.4, 0.5) is 0 Å². The highest BCUT2D eigenvalue weighted by Crippen LogP contribution is 2.40. The average Bonchev–Trinajstić information content (AvgIpc) is 2.91. The first-order valence-electron chi connectivity index (χ1n) is 8.51. The summed E-state index contributed by atoms with van der Waals surface area (Å²) in [5.41, 5.74) is 1.76. The van der Waals surface area contributed by atoms with E-state index in [1.165, 1.54) is 18.8 Å². The van der Waals surface area contributed by atoms with Gasteiger partial charge in [-0.2, -0.15) is 0 Å². The summed E-state index contributed by atoms with van der Waals surface area (Å²) < 4.78 is 10.9. The summed E-state index contributed by atoms with van der Waals surface area (Å²) in [4.78, 5) is 11.5. The third-order valence-corrected chi connectivity index (χ3v) is 4.32. The molecule has 0 unspecified atom stereocenters. The minimum atomic E-state index is -0.444. The molecular weight excluding hydrogens is 292 g/mol. The van der Waals surface area contributed by atoms with E-state index in [1.54, 1.807) is 0 Å². The number of carbonyl (C=O) groups excluding carboxylic acids is 1. The number of rotatable bonds is 8. The molecular formula is C19H30O4. The molecule has 1 aliphatic heterocycles. The summed E-state index contributed by atoms with van der Waals surface area (Å²) in [6.07, 6.45) is 8.95. The van der Waals surface area contributed by atoms with Crippen molar-refractivity contribution in [3.05, 3.63) is 35.1 Å². The monoisotopic (exact) mass is 322 g/mol. The van der Waals surface area contributed by atoms with E-state index < -0.39 is 17.7 Å². The van der Waals surface area contributed by atoms with Gasteiger partial charge >= 0.3 is 5.97 Å². The molecule has 0 aromatic rings. The molecule has 1 heterocycles. The summed E-state index contributed by atoms with van der Waals surface area (Å²) in [5, 5.41) is 9.89. The van der Waals surface area contributed by atoms with Crippen molar-refractivity contribution in [2.75, 3.05) is 7.11 Å². The lowest BCUT2D eigenvalue weighted by Crippen LogP contribution is -2.26. The van der Waals surface area contributed by atoms with Crippen molar-refractivity contribution in [3.8, 4) is 0 Å². The number of methoxy groups -OCH3 is 1. The molecule has 0 amide bonds. The second-order valence-corrected chi connectivity index (χ2v) is 5.91. The zero-order chi connectivity index (χ0) is 17.5. The zero-order valence-corrected chi connectivity index (χ0v) is 15.0. The van der Waals surface area contributed by atoms with E-state index >= 15 is 0 Å². The fourth-order valence-corrected chi connectivity index (χ4v) is 2.73. The van der Waals surface area contributed by atoms with Crippen LogP contribution in [0.15, 0.2) is 35.1 Å². The van der Waals surface area contributed by atoms with Gasteiger partial charge in [-0.3, -0.25) is 0 Å². The van der Waals surface area contributed by atoms with Gasteiger partial charge in [-0.05, 0) is 37.3 Å². The van der Waals surface area contributed by atoms with Gasteiger partial charge in [0.25, 0.3) is 0 Å². The molecule has 4 heteroatoms. The number of carbonyl (C=O) groups is 1. The van der Waals surface area contributed by atoms with Crippen molar-refractivity contribution in [1.29, 1.82) is 0 Å². The molecule has 0 aliphatic carbocycles. The standard InChI is InChI=1S/C19H30O4/c1-6-14(10-16(20)8-3)12-19(9-4)13-15(7-2)17(23-19)11-18(21)22-5/h10-11,13,16,20H,6-9,12H2,1-5H3/b14-10+,17-11-/t16-,19+/m0/s1. The van der Waals surface area contributed by atoms with Gasteiger partial charge in [-0.25, -0.2) is 4.79 Å². The van der Waals surface area contributed by atoms with E-state index in [0.717, 1.165) is 31.3 Å². The molecule has 23 heavy (non-hydrogen) atoms. The van der Waals surface area contributed by atoms with Gasteiger partial charge in [-0.15, -0.1) is 0 Å². The predicted octanol–water partition coefficient (Wildman–Crippen LogP) is 4.06. The van der Waals surface area contributed by atoms with Crippen LogP contribution in [0, 0.1) is 0 Å². The molecule has 0 aromatic heterocycles. The lowest BCUT2D eigenvalue weighted by atomic mass is 9.89. The molecule has 2 atom stereocenters. The number of ether oxygens (including phenoxy) is 2. The first-order valence-corrected chi connectivity index (χ1v) is 8.51. The van der Waals surface area contributed by atoms with Crippen LogP contribution in [0.2, 0.25) is 0 Å². The lowest BCUT2D eigenvalue weighted by molar-refractivity contribution is -0.135. The normalized spacial score (nSPS) is 24.3. The number of aliphatic hydroxyl groups excluding tert-OH is 1. The third-order valence-electron chi connectivity index (χ3n) is 4.32. The van der Waals surface area contributed by atoms with Crippen molar-refractivity contribution < 1.29 is 19.4 Å². The Kier molecular flexibility index (Phi) is 7.56. The maximum atomic E-state index is 11.5. The van der Waals surface area contributed by atoms with Crippen molar-refractivity contribution >= 4 is 5.97 Å². The first-order chi connectivity index (χ1) is 10.9. The fourth-order valence-electron chi connectivity index (χ4n) is 2.73. The van der Waals surface area contributed by atoms with E-state index in [-0.39, 0.29) is 0 Å². The Morgan fingerprint density at radius 1 is 1.39 bits per heavy atom. The smallest absolute Gasteiger partial charge is 0.334 e. The Labute approximate surface area is 139 Å². The number of aliphatic hydroxyl groups is 1. The molecule has 4 nitrogen and oxygen atoms in total. The van der Waals surface area contributed by atoms with Gasteiger partial charge in [0.05, 0.1) is 19.3 Å². The summed E-state index contributed by atoms with van der Waals surface area (Å²) in [7, 11) is 1.36. The van der Waals surface area contributed by atoms with E-state index in [0.29, 0.717) is 12.2 Å². The van der Waals surface area contributed by atoms with Gasteiger partial charge in [0, 0.05) is 6.42 Å². The minimum absolute atomic E-state index is 0.404. The molecule has 0 saturated heterocycles. The van der Waals surface area contributed by atoms with Crippen LogP contribution >= 0.6 is 0 Å². The molecule has 130 valence electrons. The van der Waals surface area contributed by atoms with Gasteiger partial charge in [-0.1, -0.05) is 39.3 Å². The minimum Gasteiger partial charge on any atom is -0.482 e. The summed E-state index contributed by atoms with van der Waals surface area (Å²) in [6, 6.07) is 0. The molecule has 0 bridgehead atoms. The SMILES string of the molecule is CCC1=C[C@@](CC)(C/C(=C/[C@@H](O)CC)CC)O/C1=C\C(=O)OC. The van der Waals surface area contributed by atoms with Crippen LogP contribution in [-0.2, 0) is 14.3 Å². The van der Waals surface area contributed by atoms with Crippen LogP contribution in [-0.4, -0.2) is 29.9 Å². The van der Waals surface area contributed by atoms with Crippen molar-refractivity contribution in [2.24, 2.45) is 0 Å². The van der Waals surface area contributed by atoms with Gasteiger partial charge in [0.1, 0.15) is 11.4 Å². The molecule has 1 N–H and O–H groups in total. The third kappa shape index (κ3) is 5.24. The molecule has 0 radical (unpaired) electrons. The van der Waals surface area contributed by atoms with Gasteiger partial charge in [0.15, 0.2) is 0 Å². The first kappa shape index (κ1) is 19.5. The lowest BCUT2D eigenvalue weighted by Gasteiger charge is -2.28. The molecule has 0 aromatic carbocycles. The van der Waals surface area contributed by atoms with Crippen LogP contribution in [0.25, 0.3) is 0 Å². The maximum absolute atomic E-state index is 11.5. The highest BCUT2D eigenvalue weighted by atomic mass is 16.5. The Hall–Kier alpha value is -1.55. The molecule has 1 rings (SSSR count). The number of esters is 1. The van der Waals surface area contributed by atoms with Crippen LogP contribution in [0.5, 0.6) is 0 Å². The second-order valence-electron chi connectivity index (χ2n) is 5.91. The Bertz CT molecular complexity index is 501. The highest BCUT2D eigenvalue weighted by Gasteiger charge is 2.36. The van der Waals surface area contributed by atoms with Crippen LogP contribution < -0.4 is 0 Å². The fraction of sp³-hybridized carbons (Fsp3) is 0.632. The number of hydrogen-bond donors (Lipinski definition) is 1. The summed E-state index contributed by atoms with van der Waals surface area (Å²) in [6.45, 7) is 8.17. The van der Waals surface area contributed by atoms with Crippen LogP contribution in [0.3, 0.4) is 0 Å². The molecule has 1 aliphatic rings. The average molecular weight is 322 g/mol. The maximum Gasteiger partial charge on any atom is 0.334 e. The van der Waals surface area contributed by atoms with E-state index in [2.05, 4.69) is 19.9 Å². The molecule has 0 fully saturated rings. The largest absolute Gasteiger partial charge is 0.482 e. The predicted molar refractivity (Wildman–Crippen MR) is 91.9 cm³/mol. The molecule has 0 spiro atoms. The van der Waals surface area contributed by atoms with E-state index in [9.17, 15) is 9.90 Å². The van der Waals surface area contributed by atoms with E-state index in [4.69, 9.17) is 9.47 Å². The van der Waals surface area contributed by atoms with Crippen molar-refractivity contribution in [1.82, 2.24) is 0 Å². The van der Waals surface area contributed by atoms with E-state index in [1.807, 2.05) is 19.9 Å². The van der Waals surface area contributed by atoms with Gasteiger partial charge < -0.3 is 14.6 Å². The second kappa shape index (κ2) is 8.92. The number of hydrogen-bond acceptors (Lipinski definition) is 4. The van der Waals surface area contributed by atoms with Crippen molar-refractivity contribution in [3.63, 3.8) is 0 Å². The highest BCUT2D eigenvalue weighted by molar-refractivity contribution is 5.83. The number of allylic oxidation sites excluding steroid dienone is 1. The zero-order valence-electron chi connectivity index (χ0n) is 15.0. The van der Waals surface area contributed by atoms with Gasteiger partial charge in [0.2, 0.25) is 0 Å². The Morgan fingerprint density at radius 3 is 2.57 bits per heavy atom. The topological polar surface area (TPSA) is 55.8 Å². The summed E-state index contributed by atoms with van der Waals surface area (Å²) >= 11 is 0. The van der Waals surface area contributed by atoms with Crippen molar-refractivity contribution in [2.45, 2.75) is 71.5 Å². The van der Waals surface area contributed by atoms with Crippen LogP contribution in [0.1, 0.15) is 59.8 Å². The molecule has 0 saturated carbocycles.